The molecule has 180 valence electrons. The molecule has 1 aliphatic heterocycles. The molecule has 1 aliphatic rings. The predicted octanol–water partition coefficient (Wildman–Crippen LogP) is 4.82. The second kappa shape index (κ2) is 11.8. The van der Waals surface area contributed by atoms with Crippen molar-refractivity contribution in [2.45, 2.75) is 49.7 Å². The number of carbonyl (C=O) groups excluding carboxylic acids is 1. The number of carbonyl (C=O) groups is 1. The maximum Gasteiger partial charge on any atom is 0.319 e. The summed E-state index contributed by atoms with van der Waals surface area (Å²) in [5, 5.41) is 24.1. The Balaban J connectivity index is 1.49. The highest BCUT2D eigenvalue weighted by Gasteiger charge is 2.32. The van der Waals surface area contributed by atoms with Crippen LogP contribution in [0.2, 0.25) is 0 Å². The number of aliphatic hydroxyl groups is 1. The van der Waals surface area contributed by atoms with E-state index in [1.807, 2.05) is 62.4 Å². The summed E-state index contributed by atoms with van der Waals surface area (Å²) in [4.78, 5) is 11.8. The summed E-state index contributed by atoms with van der Waals surface area (Å²) >= 11 is 3.21. The zero-order chi connectivity index (χ0) is 23.9. The van der Waals surface area contributed by atoms with Crippen LogP contribution in [0.5, 0.6) is 0 Å². The number of aromatic nitrogens is 2. The topological polar surface area (TPSA) is 106 Å². The Bertz CT molecular complexity index is 1080. The van der Waals surface area contributed by atoms with Gasteiger partial charge in [0.2, 0.25) is 0 Å². The van der Waals surface area contributed by atoms with Crippen molar-refractivity contribution in [3.8, 4) is 0 Å². The number of amides is 2. The lowest BCUT2D eigenvalue weighted by Crippen LogP contribution is -2.31. The van der Waals surface area contributed by atoms with Crippen LogP contribution in [0.1, 0.15) is 47.4 Å². The number of aryl methyl sites for hydroxylation is 1. The lowest BCUT2D eigenvalue weighted by Gasteiger charge is -2.36. The van der Waals surface area contributed by atoms with Crippen molar-refractivity contribution >= 4 is 34.8 Å². The van der Waals surface area contributed by atoms with Gasteiger partial charge in [0.1, 0.15) is 5.01 Å². The van der Waals surface area contributed by atoms with Gasteiger partial charge in [-0.1, -0.05) is 59.5 Å². The Morgan fingerprint density at radius 3 is 2.50 bits per heavy atom. The van der Waals surface area contributed by atoms with Crippen molar-refractivity contribution in [2.24, 2.45) is 0 Å². The number of aliphatic hydroxyl groups excluding tert-OH is 1. The molecule has 2 heterocycles. The summed E-state index contributed by atoms with van der Waals surface area (Å²) in [5.74, 6) is 0.733. The van der Waals surface area contributed by atoms with Crippen molar-refractivity contribution in [1.29, 1.82) is 0 Å². The van der Waals surface area contributed by atoms with Gasteiger partial charge in [0.25, 0.3) is 0 Å². The van der Waals surface area contributed by atoms with Crippen LogP contribution < -0.4 is 10.6 Å². The molecule has 3 atom stereocenters. The number of hydrogen-bond acceptors (Lipinski definition) is 8. The Kier molecular flexibility index (Phi) is 8.52. The first-order chi connectivity index (χ1) is 16.5. The molecule has 3 aromatic rings. The molecule has 1 aromatic heterocycles. The zero-order valence-corrected chi connectivity index (χ0v) is 20.7. The molecule has 3 N–H and O–H groups in total. The summed E-state index contributed by atoms with van der Waals surface area (Å²) in [6, 6.07) is 15.1. The predicted molar refractivity (Wildman–Crippen MR) is 133 cm³/mol. The lowest BCUT2D eigenvalue weighted by atomic mass is 10.0. The molecular formula is C24H28N4O4S2. The van der Waals surface area contributed by atoms with Gasteiger partial charge in [-0.05, 0) is 37.1 Å². The minimum atomic E-state index is -0.545. The molecule has 4 rings (SSSR count). The van der Waals surface area contributed by atoms with Crippen LogP contribution in [0.4, 0.5) is 10.5 Å². The fourth-order valence-electron chi connectivity index (χ4n) is 3.58. The second-order valence-electron chi connectivity index (χ2n) is 7.85. The van der Waals surface area contributed by atoms with Gasteiger partial charge < -0.3 is 25.2 Å². The molecule has 10 heteroatoms. The third kappa shape index (κ3) is 6.55. The minimum absolute atomic E-state index is 0.00866. The van der Waals surface area contributed by atoms with Crippen molar-refractivity contribution in [1.82, 2.24) is 15.5 Å². The summed E-state index contributed by atoms with van der Waals surface area (Å²) < 4.78 is 13.6. The molecule has 1 saturated heterocycles. The van der Waals surface area contributed by atoms with Crippen LogP contribution in [-0.2, 0) is 16.1 Å². The van der Waals surface area contributed by atoms with Crippen LogP contribution >= 0.6 is 23.1 Å². The van der Waals surface area contributed by atoms with Crippen LogP contribution in [0.15, 0.2) is 52.9 Å². The quantitative estimate of drug-likeness (QED) is 0.381. The standard InChI is InChI=1S/C24H28N4O4S2/c1-3-25-23(30)26-19-10-8-18(9-11-19)22-31-20(14-33-24-28-27-15(2)34-24)12-21(32-22)17-6-4-16(13-29)5-7-17/h4-11,20-22,29H,3,12-14H2,1-2H3,(H2,25,26,30)/t20-,21+,22+/m1/s1. The van der Waals surface area contributed by atoms with Crippen LogP contribution in [0, 0.1) is 6.92 Å². The van der Waals surface area contributed by atoms with Crippen LogP contribution in [-0.4, -0.2) is 39.7 Å². The van der Waals surface area contributed by atoms with E-state index in [0.29, 0.717) is 18.7 Å². The van der Waals surface area contributed by atoms with Crippen molar-refractivity contribution in [3.05, 3.63) is 70.2 Å². The fraction of sp³-hybridized carbons (Fsp3) is 0.375. The molecule has 2 amide bonds. The van der Waals surface area contributed by atoms with E-state index in [-0.39, 0.29) is 24.8 Å². The van der Waals surface area contributed by atoms with E-state index in [9.17, 15) is 9.90 Å². The molecule has 0 spiro atoms. The van der Waals surface area contributed by atoms with Gasteiger partial charge in [-0.3, -0.25) is 0 Å². The van der Waals surface area contributed by atoms with E-state index >= 15 is 0 Å². The molecule has 1 fully saturated rings. The number of urea groups is 1. The maximum atomic E-state index is 11.8. The second-order valence-corrected chi connectivity index (χ2v) is 10.3. The summed E-state index contributed by atoms with van der Waals surface area (Å²) in [6.45, 7) is 4.38. The smallest absolute Gasteiger partial charge is 0.319 e. The SMILES string of the molecule is CCNC(=O)Nc1ccc([C@H]2O[C@@H](CSc3nnc(C)s3)C[C@@H](c3ccc(CO)cc3)O2)cc1. The van der Waals surface area contributed by atoms with E-state index in [4.69, 9.17) is 9.47 Å². The molecule has 0 aliphatic carbocycles. The van der Waals surface area contributed by atoms with Gasteiger partial charge in [0, 0.05) is 30.0 Å². The summed E-state index contributed by atoms with van der Waals surface area (Å²) in [7, 11) is 0. The Morgan fingerprint density at radius 1 is 1.12 bits per heavy atom. The van der Waals surface area contributed by atoms with Crippen molar-refractivity contribution in [3.63, 3.8) is 0 Å². The van der Waals surface area contributed by atoms with Gasteiger partial charge in [-0.2, -0.15) is 0 Å². The Morgan fingerprint density at radius 2 is 1.85 bits per heavy atom. The van der Waals surface area contributed by atoms with E-state index < -0.39 is 6.29 Å². The zero-order valence-electron chi connectivity index (χ0n) is 19.1. The van der Waals surface area contributed by atoms with Gasteiger partial charge >= 0.3 is 6.03 Å². The highest BCUT2D eigenvalue weighted by atomic mass is 32.2. The Labute approximate surface area is 207 Å². The number of hydrogen-bond donors (Lipinski definition) is 3. The monoisotopic (exact) mass is 500 g/mol. The molecule has 0 unspecified atom stereocenters. The highest BCUT2D eigenvalue weighted by molar-refractivity contribution is 8.01. The number of nitrogens with zero attached hydrogens (tertiary/aromatic N) is 2. The molecule has 34 heavy (non-hydrogen) atoms. The number of ether oxygens (including phenoxy) is 2. The van der Waals surface area contributed by atoms with Crippen LogP contribution in [0.25, 0.3) is 0 Å². The first kappa shape index (κ1) is 24.6. The third-order valence-electron chi connectivity index (χ3n) is 5.29. The number of anilines is 1. The maximum absolute atomic E-state index is 11.8. The van der Waals surface area contributed by atoms with Crippen molar-refractivity contribution < 1.29 is 19.4 Å². The normalized spacial score (nSPS) is 20.1. The molecule has 0 radical (unpaired) electrons. The van der Waals surface area contributed by atoms with Gasteiger partial charge in [-0.15, -0.1) is 10.2 Å². The van der Waals surface area contributed by atoms with Crippen LogP contribution in [0.3, 0.4) is 0 Å². The average molecular weight is 501 g/mol. The fourth-order valence-corrected chi connectivity index (χ4v) is 5.44. The number of thioether (sulfide) groups is 1. The first-order valence-corrected chi connectivity index (χ1v) is 12.9. The van der Waals surface area contributed by atoms with E-state index in [1.54, 1.807) is 23.1 Å². The van der Waals surface area contributed by atoms with E-state index in [2.05, 4.69) is 20.8 Å². The molecule has 8 nitrogen and oxygen atoms in total. The van der Waals surface area contributed by atoms with Gasteiger partial charge in [0.05, 0.1) is 18.8 Å². The third-order valence-corrected chi connectivity index (χ3v) is 7.40. The number of rotatable bonds is 8. The lowest BCUT2D eigenvalue weighted by molar-refractivity contribution is -0.245. The number of nitrogens with one attached hydrogen (secondary N) is 2. The molecule has 0 bridgehead atoms. The van der Waals surface area contributed by atoms with E-state index in [0.717, 1.165) is 31.8 Å². The number of benzene rings is 2. The molecular weight excluding hydrogens is 472 g/mol. The first-order valence-electron chi connectivity index (χ1n) is 11.1. The average Bonchev–Trinajstić information content (AvgIpc) is 3.28. The highest BCUT2D eigenvalue weighted by Crippen LogP contribution is 2.39. The molecule has 0 saturated carbocycles. The largest absolute Gasteiger partial charge is 0.392 e. The molecule has 2 aromatic carbocycles. The summed E-state index contributed by atoms with van der Waals surface area (Å²) in [5.41, 5.74) is 3.48. The van der Waals surface area contributed by atoms with Gasteiger partial charge in [-0.25, -0.2) is 4.79 Å². The summed E-state index contributed by atoms with van der Waals surface area (Å²) in [6.07, 6.45) is -0.0436. The van der Waals surface area contributed by atoms with E-state index in [1.165, 1.54) is 0 Å². The van der Waals surface area contributed by atoms with Gasteiger partial charge in [0.15, 0.2) is 10.6 Å². The minimum Gasteiger partial charge on any atom is -0.392 e. The van der Waals surface area contributed by atoms with Crippen molar-refractivity contribution in [2.75, 3.05) is 17.6 Å². The Hall–Kier alpha value is -2.50.